The van der Waals surface area contributed by atoms with E-state index in [1.807, 2.05) is 6.07 Å². The van der Waals surface area contributed by atoms with Crippen molar-refractivity contribution in [2.45, 2.75) is 19.3 Å². The molecule has 0 N–H and O–H groups in total. The molecule has 0 aromatic heterocycles. The first-order chi connectivity index (χ1) is 10.3. The van der Waals surface area contributed by atoms with Gasteiger partial charge >= 0.3 is 0 Å². The summed E-state index contributed by atoms with van der Waals surface area (Å²) in [5.74, 6) is 0.364. The number of ketones is 1. The minimum absolute atomic E-state index is 0.364. The first kappa shape index (κ1) is 12.3. The third-order valence-electron chi connectivity index (χ3n) is 4.33. The van der Waals surface area contributed by atoms with Crippen molar-refractivity contribution >= 4 is 16.6 Å². The van der Waals surface area contributed by atoms with Crippen molar-refractivity contribution in [2.24, 2.45) is 0 Å². The Morgan fingerprint density at radius 2 is 1.48 bits per heavy atom. The highest BCUT2D eigenvalue weighted by Crippen LogP contribution is 2.29. The smallest absolute Gasteiger partial charge is 0.137 e. The van der Waals surface area contributed by atoms with E-state index < -0.39 is 0 Å². The first-order valence-corrected chi connectivity index (χ1v) is 7.42. The predicted molar refractivity (Wildman–Crippen MR) is 86.4 cm³/mol. The molecule has 1 nitrogen and oxygen atoms in total. The van der Waals surface area contributed by atoms with Crippen LogP contribution in [-0.4, -0.2) is 5.78 Å². The number of carbonyl (C=O) groups excluding carboxylic acids is 1. The molecule has 4 rings (SSSR count). The molecule has 1 heteroatoms. The lowest BCUT2D eigenvalue weighted by atomic mass is 9.88. The minimum atomic E-state index is 0.364. The van der Waals surface area contributed by atoms with E-state index in [4.69, 9.17) is 0 Å². The summed E-state index contributed by atoms with van der Waals surface area (Å²) >= 11 is 0. The molecule has 21 heavy (non-hydrogen) atoms. The van der Waals surface area contributed by atoms with Gasteiger partial charge in [0.1, 0.15) is 5.78 Å². The molecule has 0 spiro atoms. The molecule has 0 fully saturated rings. The Kier molecular flexibility index (Phi) is 2.85. The van der Waals surface area contributed by atoms with Crippen molar-refractivity contribution in [3.8, 4) is 11.1 Å². The Morgan fingerprint density at radius 1 is 0.667 bits per heavy atom. The maximum Gasteiger partial charge on any atom is 0.137 e. The molecule has 1 aliphatic carbocycles. The van der Waals surface area contributed by atoms with Crippen molar-refractivity contribution in [2.75, 3.05) is 0 Å². The fourth-order valence-corrected chi connectivity index (χ4v) is 3.17. The Labute approximate surface area is 124 Å². The number of hydrogen-bond acceptors (Lipinski definition) is 1. The molecular formula is C20H16O. The largest absolute Gasteiger partial charge is 0.299 e. The van der Waals surface area contributed by atoms with Crippen molar-refractivity contribution in [1.29, 1.82) is 0 Å². The molecular weight excluding hydrogens is 256 g/mol. The highest BCUT2D eigenvalue weighted by molar-refractivity contribution is 5.91. The first-order valence-electron chi connectivity index (χ1n) is 7.42. The fraction of sp³-hybridized carbons (Fsp3) is 0.150. The second-order valence-electron chi connectivity index (χ2n) is 5.76. The van der Waals surface area contributed by atoms with Gasteiger partial charge < -0.3 is 0 Å². The van der Waals surface area contributed by atoms with E-state index in [2.05, 4.69) is 54.6 Å². The fourth-order valence-electron chi connectivity index (χ4n) is 3.17. The molecule has 3 aromatic rings. The number of Topliss-reactive ketones (excluding diaryl/α,β-unsaturated/α-hetero) is 1. The monoisotopic (exact) mass is 272 g/mol. The van der Waals surface area contributed by atoms with Crippen LogP contribution in [0.1, 0.15) is 17.5 Å². The maximum atomic E-state index is 11.6. The highest BCUT2D eigenvalue weighted by atomic mass is 16.1. The Morgan fingerprint density at radius 3 is 2.33 bits per heavy atom. The van der Waals surface area contributed by atoms with Crippen molar-refractivity contribution in [1.82, 2.24) is 0 Å². The third kappa shape index (κ3) is 2.25. The molecule has 0 saturated carbocycles. The molecule has 0 radical (unpaired) electrons. The molecule has 0 bridgehead atoms. The van der Waals surface area contributed by atoms with Crippen LogP contribution >= 0.6 is 0 Å². The lowest BCUT2D eigenvalue weighted by Gasteiger charge is -2.16. The summed E-state index contributed by atoms with van der Waals surface area (Å²) in [6.07, 6.45) is 2.18. The van der Waals surface area contributed by atoms with E-state index in [0.29, 0.717) is 18.6 Å². The van der Waals surface area contributed by atoms with E-state index in [-0.39, 0.29) is 0 Å². The summed E-state index contributed by atoms with van der Waals surface area (Å²) in [5.41, 5.74) is 5.04. The van der Waals surface area contributed by atoms with Gasteiger partial charge in [0.05, 0.1) is 0 Å². The molecule has 1 aliphatic rings. The Bertz CT molecular complexity index is 831. The van der Waals surface area contributed by atoms with E-state index in [9.17, 15) is 4.79 Å². The number of fused-ring (bicyclic) bond motifs is 2. The molecule has 3 aromatic carbocycles. The van der Waals surface area contributed by atoms with E-state index in [1.165, 1.54) is 33.0 Å². The second kappa shape index (κ2) is 4.85. The quantitative estimate of drug-likeness (QED) is 0.634. The van der Waals surface area contributed by atoms with Gasteiger partial charge in [0, 0.05) is 12.8 Å². The number of benzene rings is 3. The topological polar surface area (TPSA) is 17.1 Å². The van der Waals surface area contributed by atoms with Crippen LogP contribution in [-0.2, 0) is 17.6 Å². The zero-order valence-corrected chi connectivity index (χ0v) is 11.8. The van der Waals surface area contributed by atoms with Gasteiger partial charge in [0.25, 0.3) is 0 Å². The van der Waals surface area contributed by atoms with Gasteiger partial charge in [0.15, 0.2) is 0 Å². The number of carbonyl (C=O) groups is 1. The van der Waals surface area contributed by atoms with Crippen LogP contribution in [0.25, 0.3) is 21.9 Å². The summed E-state index contributed by atoms with van der Waals surface area (Å²) in [6, 6.07) is 21.5. The van der Waals surface area contributed by atoms with Crippen LogP contribution in [0.5, 0.6) is 0 Å². The van der Waals surface area contributed by atoms with Gasteiger partial charge in [-0.25, -0.2) is 0 Å². The minimum Gasteiger partial charge on any atom is -0.299 e. The predicted octanol–water partition coefficient (Wildman–Crippen LogP) is 4.56. The van der Waals surface area contributed by atoms with Crippen LogP contribution in [0.3, 0.4) is 0 Å². The van der Waals surface area contributed by atoms with Gasteiger partial charge in [0.2, 0.25) is 0 Å². The standard InChI is InChI=1S/C20H16O/c21-20-9-8-17-11-18-10-15(14-4-2-1-3-5-14)6-7-16(18)12-19(17)13-20/h1-7,10-12H,8-9,13H2. The zero-order valence-electron chi connectivity index (χ0n) is 11.8. The van der Waals surface area contributed by atoms with Crippen LogP contribution in [0.2, 0.25) is 0 Å². The number of hydrogen-bond donors (Lipinski definition) is 0. The van der Waals surface area contributed by atoms with Crippen molar-refractivity contribution in [3.63, 3.8) is 0 Å². The molecule has 102 valence electrons. The van der Waals surface area contributed by atoms with Gasteiger partial charge in [-0.15, -0.1) is 0 Å². The summed E-state index contributed by atoms with van der Waals surface area (Å²) in [5, 5.41) is 2.49. The molecule has 0 atom stereocenters. The normalized spacial score (nSPS) is 14.2. The lowest BCUT2D eigenvalue weighted by molar-refractivity contribution is -0.118. The van der Waals surface area contributed by atoms with Crippen LogP contribution in [0.15, 0.2) is 60.7 Å². The average molecular weight is 272 g/mol. The molecule has 0 heterocycles. The van der Waals surface area contributed by atoms with Gasteiger partial charge in [-0.3, -0.25) is 4.79 Å². The average Bonchev–Trinajstić information content (AvgIpc) is 2.53. The van der Waals surface area contributed by atoms with Crippen LogP contribution in [0, 0.1) is 0 Å². The lowest BCUT2D eigenvalue weighted by Crippen LogP contribution is -2.12. The van der Waals surface area contributed by atoms with Gasteiger partial charge in [-0.2, -0.15) is 0 Å². The van der Waals surface area contributed by atoms with Crippen LogP contribution in [0.4, 0.5) is 0 Å². The third-order valence-corrected chi connectivity index (χ3v) is 4.33. The van der Waals surface area contributed by atoms with Gasteiger partial charge in [-0.05, 0) is 45.5 Å². The summed E-state index contributed by atoms with van der Waals surface area (Å²) in [7, 11) is 0. The van der Waals surface area contributed by atoms with E-state index in [1.54, 1.807) is 0 Å². The maximum absolute atomic E-state index is 11.6. The number of rotatable bonds is 1. The summed E-state index contributed by atoms with van der Waals surface area (Å²) in [6.45, 7) is 0. The zero-order chi connectivity index (χ0) is 14.2. The molecule has 0 amide bonds. The van der Waals surface area contributed by atoms with E-state index >= 15 is 0 Å². The summed E-state index contributed by atoms with van der Waals surface area (Å²) in [4.78, 5) is 11.6. The second-order valence-corrected chi connectivity index (χ2v) is 5.76. The molecule has 0 unspecified atom stereocenters. The number of aryl methyl sites for hydroxylation is 1. The van der Waals surface area contributed by atoms with Gasteiger partial charge in [-0.1, -0.05) is 54.6 Å². The summed E-state index contributed by atoms with van der Waals surface area (Å²) < 4.78 is 0. The van der Waals surface area contributed by atoms with Crippen LogP contribution < -0.4 is 0 Å². The van der Waals surface area contributed by atoms with E-state index in [0.717, 1.165) is 6.42 Å². The van der Waals surface area contributed by atoms with Crippen molar-refractivity contribution in [3.05, 3.63) is 71.8 Å². The Hall–Kier alpha value is -2.41. The Balaban J connectivity index is 1.85. The molecule has 0 aliphatic heterocycles. The molecule has 0 saturated heterocycles. The highest BCUT2D eigenvalue weighted by Gasteiger charge is 2.16. The SMILES string of the molecule is O=C1CCc2cc3cc(-c4ccccc4)ccc3cc2C1. The van der Waals surface area contributed by atoms with Crippen molar-refractivity contribution < 1.29 is 4.79 Å².